The van der Waals surface area contributed by atoms with Crippen molar-refractivity contribution in [2.24, 2.45) is 4.99 Å². The summed E-state index contributed by atoms with van der Waals surface area (Å²) in [6.45, 7) is 3.57. The lowest BCUT2D eigenvalue weighted by atomic mass is 10.1. The van der Waals surface area contributed by atoms with Gasteiger partial charge in [-0.2, -0.15) is 0 Å². The summed E-state index contributed by atoms with van der Waals surface area (Å²) < 4.78 is 0.765. The summed E-state index contributed by atoms with van der Waals surface area (Å²) in [6, 6.07) is 9.88. The van der Waals surface area contributed by atoms with Crippen LogP contribution in [0.15, 0.2) is 63.3 Å². The first kappa shape index (κ1) is 19.4. The molecular formula is C20H16BrN3O4. The summed E-state index contributed by atoms with van der Waals surface area (Å²) in [5, 5.41) is 23.6. The number of nitrogens with one attached hydrogen (secondary N) is 2. The predicted octanol–water partition coefficient (Wildman–Crippen LogP) is 3.45. The number of aromatic amines is 1. The van der Waals surface area contributed by atoms with Gasteiger partial charge in [-0.25, -0.2) is 0 Å². The van der Waals surface area contributed by atoms with Crippen molar-refractivity contribution >= 4 is 44.5 Å². The Bertz CT molecular complexity index is 1170. The highest BCUT2D eigenvalue weighted by atomic mass is 79.9. The maximum atomic E-state index is 12.0. The number of halogens is 1. The molecule has 0 aliphatic heterocycles. The Morgan fingerprint density at radius 2 is 2.00 bits per heavy atom. The van der Waals surface area contributed by atoms with Crippen LogP contribution >= 0.6 is 15.9 Å². The fourth-order valence-corrected chi connectivity index (χ4v) is 3.01. The van der Waals surface area contributed by atoms with Crippen LogP contribution in [0.1, 0.15) is 11.1 Å². The number of amides is 1. The number of hydrogen-bond acceptors (Lipinski definition) is 5. The Labute approximate surface area is 168 Å². The fraction of sp³-hybridized carbons (Fsp3) is 0.0500. The van der Waals surface area contributed by atoms with E-state index in [-0.39, 0.29) is 29.4 Å². The van der Waals surface area contributed by atoms with E-state index in [4.69, 9.17) is 0 Å². The highest BCUT2D eigenvalue weighted by molar-refractivity contribution is 9.10. The summed E-state index contributed by atoms with van der Waals surface area (Å²) in [4.78, 5) is 30.0. The molecule has 0 radical (unpaired) electrons. The quantitative estimate of drug-likeness (QED) is 0.275. The molecule has 0 bridgehead atoms. The third-order valence-electron chi connectivity index (χ3n) is 4.00. The van der Waals surface area contributed by atoms with E-state index in [1.54, 1.807) is 30.3 Å². The van der Waals surface area contributed by atoms with Crippen LogP contribution in [0.2, 0.25) is 0 Å². The van der Waals surface area contributed by atoms with Crippen LogP contribution in [0, 0.1) is 0 Å². The standard InChI is InChI=1S/C20H16BrN3O4/c1-2-18(26)23-16-6-3-11(7-17(16)25)9-22-10-15-14-8-12(21)4-5-13(14)19(27)24-20(15)28/h2-8,10,25H,1,9H2,(H,23,26)(H2,24,27,28). The summed E-state index contributed by atoms with van der Waals surface area (Å²) in [7, 11) is 0. The second-order valence-corrected chi connectivity index (χ2v) is 6.84. The lowest BCUT2D eigenvalue weighted by molar-refractivity contribution is -0.111. The Balaban J connectivity index is 1.86. The zero-order valence-corrected chi connectivity index (χ0v) is 16.2. The third kappa shape index (κ3) is 4.12. The second-order valence-electron chi connectivity index (χ2n) is 5.92. The van der Waals surface area contributed by atoms with Gasteiger partial charge < -0.3 is 15.5 Å². The highest BCUT2D eigenvalue weighted by Gasteiger charge is 2.10. The molecule has 7 nitrogen and oxygen atoms in total. The van der Waals surface area contributed by atoms with Crippen molar-refractivity contribution in [1.29, 1.82) is 0 Å². The molecule has 1 heterocycles. The molecule has 2 aromatic carbocycles. The number of hydrogen-bond donors (Lipinski definition) is 4. The molecule has 28 heavy (non-hydrogen) atoms. The number of H-pyrrole nitrogens is 1. The van der Waals surface area contributed by atoms with Crippen molar-refractivity contribution < 1.29 is 15.0 Å². The van der Waals surface area contributed by atoms with Gasteiger partial charge in [-0.05, 0) is 42.0 Å². The van der Waals surface area contributed by atoms with Crippen LogP contribution in [-0.4, -0.2) is 27.3 Å². The van der Waals surface area contributed by atoms with Gasteiger partial charge in [0.1, 0.15) is 5.75 Å². The normalized spacial score (nSPS) is 11.0. The third-order valence-corrected chi connectivity index (χ3v) is 4.50. The van der Waals surface area contributed by atoms with E-state index in [0.717, 1.165) is 10.5 Å². The molecular weight excluding hydrogens is 426 g/mol. The maximum Gasteiger partial charge on any atom is 0.258 e. The van der Waals surface area contributed by atoms with Crippen LogP contribution in [-0.2, 0) is 11.3 Å². The van der Waals surface area contributed by atoms with Gasteiger partial charge in [-0.15, -0.1) is 0 Å². The molecule has 3 rings (SSSR count). The van der Waals surface area contributed by atoms with E-state index in [1.807, 2.05) is 0 Å². The highest BCUT2D eigenvalue weighted by Crippen LogP contribution is 2.26. The molecule has 1 amide bonds. The van der Waals surface area contributed by atoms with E-state index in [1.165, 1.54) is 12.3 Å². The molecule has 0 saturated heterocycles. The number of aromatic hydroxyl groups is 2. The molecule has 0 spiro atoms. The van der Waals surface area contributed by atoms with Gasteiger partial charge in [0.05, 0.1) is 17.8 Å². The van der Waals surface area contributed by atoms with E-state index >= 15 is 0 Å². The summed E-state index contributed by atoms with van der Waals surface area (Å²) in [5.74, 6) is -0.790. The lowest BCUT2D eigenvalue weighted by Crippen LogP contribution is -2.08. The number of benzene rings is 2. The molecule has 0 unspecified atom stereocenters. The molecule has 0 fully saturated rings. The summed E-state index contributed by atoms with van der Waals surface area (Å²) >= 11 is 3.36. The maximum absolute atomic E-state index is 12.0. The van der Waals surface area contributed by atoms with Gasteiger partial charge in [0.25, 0.3) is 5.56 Å². The summed E-state index contributed by atoms with van der Waals surface area (Å²) in [5.41, 5.74) is 0.959. The van der Waals surface area contributed by atoms with Crippen LogP contribution < -0.4 is 10.9 Å². The average molecular weight is 442 g/mol. The Morgan fingerprint density at radius 3 is 2.71 bits per heavy atom. The minimum absolute atomic E-state index is 0.0934. The number of carbonyl (C=O) groups is 1. The SMILES string of the molecule is C=CC(=O)Nc1ccc(CN=Cc2c(O)[nH]c(=O)c3ccc(Br)cc23)cc1O. The molecule has 1 aromatic heterocycles. The number of nitrogens with zero attached hydrogens (tertiary/aromatic N) is 1. The van der Waals surface area contributed by atoms with Gasteiger partial charge in [-0.1, -0.05) is 28.6 Å². The molecule has 0 saturated carbocycles. The van der Waals surface area contributed by atoms with Gasteiger partial charge >= 0.3 is 0 Å². The van der Waals surface area contributed by atoms with Crippen molar-refractivity contribution in [3.8, 4) is 11.6 Å². The zero-order chi connectivity index (χ0) is 20.3. The molecule has 8 heteroatoms. The van der Waals surface area contributed by atoms with Crippen LogP contribution in [0.3, 0.4) is 0 Å². The minimum atomic E-state index is -0.423. The van der Waals surface area contributed by atoms with Crippen molar-refractivity contribution in [2.45, 2.75) is 6.54 Å². The first-order chi connectivity index (χ1) is 13.4. The van der Waals surface area contributed by atoms with Crippen LogP contribution in [0.4, 0.5) is 5.69 Å². The van der Waals surface area contributed by atoms with Crippen molar-refractivity contribution in [3.63, 3.8) is 0 Å². The zero-order valence-electron chi connectivity index (χ0n) is 14.6. The topological polar surface area (TPSA) is 115 Å². The Hall–Kier alpha value is -3.39. The number of aromatic nitrogens is 1. The smallest absolute Gasteiger partial charge is 0.258 e. The molecule has 0 aliphatic rings. The minimum Gasteiger partial charge on any atom is -0.506 e. The molecule has 3 aromatic rings. The van der Waals surface area contributed by atoms with Crippen molar-refractivity contribution in [2.75, 3.05) is 5.32 Å². The molecule has 0 aliphatic carbocycles. The first-order valence-corrected chi connectivity index (χ1v) is 8.98. The average Bonchev–Trinajstić information content (AvgIpc) is 2.66. The molecule has 0 atom stereocenters. The predicted molar refractivity (Wildman–Crippen MR) is 112 cm³/mol. The van der Waals surface area contributed by atoms with E-state index < -0.39 is 5.91 Å². The van der Waals surface area contributed by atoms with E-state index in [0.29, 0.717) is 21.9 Å². The van der Waals surface area contributed by atoms with Crippen molar-refractivity contribution in [3.05, 3.63) is 75.0 Å². The second kappa shape index (κ2) is 8.10. The van der Waals surface area contributed by atoms with Crippen LogP contribution in [0.5, 0.6) is 11.6 Å². The number of aliphatic imine (C=N–C) groups is 1. The number of rotatable bonds is 5. The number of pyridine rings is 1. The van der Waals surface area contributed by atoms with Gasteiger partial charge in [0.15, 0.2) is 0 Å². The van der Waals surface area contributed by atoms with Gasteiger partial charge in [-0.3, -0.25) is 19.6 Å². The molecule has 4 N–H and O–H groups in total. The van der Waals surface area contributed by atoms with E-state index in [9.17, 15) is 19.8 Å². The molecule has 142 valence electrons. The fourth-order valence-electron chi connectivity index (χ4n) is 2.65. The summed E-state index contributed by atoms with van der Waals surface area (Å²) in [6.07, 6.45) is 2.57. The van der Waals surface area contributed by atoms with Crippen LogP contribution in [0.25, 0.3) is 10.8 Å². The Morgan fingerprint density at radius 1 is 1.21 bits per heavy atom. The van der Waals surface area contributed by atoms with E-state index in [2.05, 4.69) is 37.8 Å². The largest absolute Gasteiger partial charge is 0.506 e. The first-order valence-electron chi connectivity index (χ1n) is 8.18. The number of phenols is 1. The lowest BCUT2D eigenvalue weighted by Gasteiger charge is -2.07. The van der Waals surface area contributed by atoms with Gasteiger partial charge in [0.2, 0.25) is 11.8 Å². The Kier molecular flexibility index (Phi) is 5.60. The van der Waals surface area contributed by atoms with Crippen molar-refractivity contribution in [1.82, 2.24) is 4.98 Å². The number of anilines is 1. The number of fused-ring (bicyclic) bond motifs is 1. The monoisotopic (exact) mass is 441 g/mol. The number of carbonyl (C=O) groups excluding carboxylic acids is 1. The number of phenolic OH excluding ortho intramolecular Hbond substituents is 1. The van der Waals surface area contributed by atoms with Gasteiger partial charge in [0, 0.05) is 21.5 Å².